The number of rotatable bonds is 7. The van der Waals surface area contributed by atoms with Gasteiger partial charge in [0.1, 0.15) is 0 Å². The molecule has 3 aromatic rings. The van der Waals surface area contributed by atoms with Crippen LogP contribution in [0.15, 0.2) is 78.9 Å². The summed E-state index contributed by atoms with van der Waals surface area (Å²) >= 11 is 6.15. The molecule has 2 amide bonds. The Hall–Kier alpha value is -3.11. The molecule has 0 saturated heterocycles. The third-order valence-corrected chi connectivity index (χ3v) is 5.04. The Kier molecular flexibility index (Phi) is 7.04. The number of nitrogens with one attached hydrogen (secondary N) is 2. The van der Waals surface area contributed by atoms with Crippen LogP contribution in [0.3, 0.4) is 0 Å². The van der Waals surface area contributed by atoms with Gasteiger partial charge in [0.2, 0.25) is 5.91 Å². The topological polar surface area (TPSA) is 58.2 Å². The lowest BCUT2D eigenvalue weighted by atomic mass is 10.1. The maximum atomic E-state index is 12.8. The molecule has 0 aliphatic heterocycles. The Morgan fingerprint density at radius 2 is 1.55 bits per heavy atom. The van der Waals surface area contributed by atoms with Crippen molar-refractivity contribution in [2.24, 2.45) is 0 Å². The molecule has 29 heavy (non-hydrogen) atoms. The van der Waals surface area contributed by atoms with Crippen molar-refractivity contribution in [3.63, 3.8) is 0 Å². The van der Waals surface area contributed by atoms with Crippen LogP contribution >= 0.6 is 11.6 Å². The summed E-state index contributed by atoms with van der Waals surface area (Å²) in [6.45, 7) is 1.93. The number of carbonyl (C=O) groups is 2. The standard InChI is InChI=1S/C24H23ClN2O2/c1-17(18-9-3-2-4-10-18)26-24(29)20-12-6-8-14-22(20)27-23(28)16-15-19-11-5-7-13-21(19)25/h2-14,17H,15-16H2,1H3,(H,26,29)(H,27,28)/t17-/m0/s1. The van der Waals surface area contributed by atoms with E-state index in [4.69, 9.17) is 11.6 Å². The van der Waals surface area contributed by atoms with Gasteiger partial charge >= 0.3 is 0 Å². The van der Waals surface area contributed by atoms with E-state index in [1.54, 1.807) is 24.3 Å². The summed E-state index contributed by atoms with van der Waals surface area (Å²) in [5.74, 6) is -0.398. The molecule has 0 fully saturated rings. The second-order valence-corrected chi connectivity index (χ2v) is 7.20. The molecule has 3 rings (SSSR count). The summed E-state index contributed by atoms with van der Waals surface area (Å²) in [7, 11) is 0. The van der Waals surface area contributed by atoms with Crippen molar-refractivity contribution < 1.29 is 9.59 Å². The maximum absolute atomic E-state index is 12.8. The zero-order chi connectivity index (χ0) is 20.6. The van der Waals surface area contributed by atoms with E-state index in [-0.39, 0.29) is 24.3 Å². The summed E-state index contributed by atoms with van der Waals surface area (Å²) in [6.07, 6.45) is 0.811. The van der Waals surface area contributed by atoms with Crippen LogP contribution in [-0.2, 0) is 11.2 Å². The third-order valence-electron chi connectivity index (χ3n) is 4.67. The lowest BCUT2D eigenvalue weighted by Crippen LogP contribution is -2.28. The van der Waals surface area contributed by atoms with E-state index in [0.717, 1.165) is 11.1 Å². The SMILES string of the molecule is C[C@H](NC(=O)c1ccccc1NC(=O)CCc1ccccc1Cl)c1ccccc1. The second-order valence-electron chi connectivity index (χ2n) is 6.79. The predicted molar refractivity (Wildman–Crippen MR) is 117 cm³/mol. The average Bonchev–Trinajstić information content (AvgIpc) is 2.74. The average molecular weight is 407 g/mol. The first-order valence-electron chi connectivity index (χ1n) is 9.52. The minimum Gasteiger partial charge on any atom is -0.345 e. The highest BCUT2D eigenvalue weighted by molar-refractivity contribution is 6.31. The van der Waals surface area contributed by atoms with E-state index in [2.05, 4.69) is 10.6 Å². The number of halogens is 1. The highest BCUT2D eigenvalue weighted by Crippen LogP contribution is 2.20. The van der Waals surface area contributed by atoms with Crippen molar-refractivity contribution in [2.45, 2.75) is 25.8 Å². The Bertz CT molecular complexity index is 989. The molecule has 1 atom stereocenters. The first kappa shape index (κ1) is 20.6. The molecule has 0 aliphatic carbocycles. The summed E-state index contributed by atoms with van der Waals surface area (Å²) in [4.78, 5) is 25.2. The van der Waals surface area contributed by atoms with Crippen molar-refractivity contribution >= 4 is 29.1 Å². The van der Waals surface area contributed by atoms with E-state index in [1.165, 1.54) is 0 Å². The summed E-state index contributed by atoms with van der Waals surface area (Å²) in [5, 5.41) is 6.48. The number of carbonyl (C=O) groups excluding carboxylic acids is 2. The van der Waals surface area contributed by atoms with E-state index in [1.807, 2.05) is 61.5 Å². The van der Waals surface area contributed by atoms with Crippen LogP contribution in [0.4, 0.5) is 5.69 Å². The van der Waals surface area contributed by atoms with E-state index in [0.29, 0.717) is 22.7 Å². The highest BCUT2D eigenvalue weighted by atomic mass is 35.5. The van der Waals surface area contributed by atoms with Gasteiger partial charge in [-0.15, -0.1) is 0 Å². The number of anilines is 1. The monoisotopic (exact) mass is 406 g/mol. The molecule has 0 aromatic heterocycles. The number of hydrogen-bond acceptors (Lipinski definition) is 2. The first-order valence-corrected chi connectivity index (χ1v) is 9.90. The van der Waals surface area contributed by atoms with Gasteiger partial charge in [-0.3, -0.25) is 9.59 Å². The van der Waals surface area contributed by atoms with E-state index in [9.17, 15) is 9.59 Å². The molecule has 0 saturated carbocycles. The fourth-order valence-corrected chi connectivity index (χ4v) is 3.28. The molecule has 0 radical (unpaired) electrons. The molecular weight excluding hydrogens is 384 g/mol. The molecule has 2 N–H and O–H groups in total. The fourth-order valence-electron chi connectivity index (χ4n) is 3.05. The lowest BCUT2D eigenvalue weighted by molar-refractivity contribution is -0.116. The zero-order valence-corrected chi connectivity index (χ0v) is 16.9. The van der Waals surface area contributed by atoms with Crippen LogP contribution in [-0.4, -0.2) is 11.8 Å². The normalized spacial score (nSPS) is 11.5. The number of amides is 2. The van der Waals surface area contributed by atoms with Gasteiger partial charge in [0.25, 0.3) is 5.91 Å². The molecule has 0 spiro atoms. The van der Waals surface area contributed by atoms with E-state index < -0.39 is 0 Å². The zero-order valence-electron chi connectivity index (χ0n) is 16.2. The van der Waals surface area contributed by atoms with Gasteiger partial charge < -0.3 is 10.6 Å². The highest BCUT2D eigenvalue weighted by Gasteiger charge is 2.16. The molecule has 3 aromatic carbocycles. The molecule has 0 heterocycles. The first-order chi connectivity index (χ1) is 14.0. The Balaban J connectivity index is 1.64. The van der Waals surface area contributed by atoms with Crippen LogP contribution < -0.4 is 10.6 Å². The van der Waals surface area contributed by atoms with E-state index >= 15 is 0 Å². The van der Waals surface area contributed by atoms with Crippen molar-refractivity contribution in [1.29, 1.82) is 0 Å². The Labute approximate surface area is 175 Å². The third kappa shape index (κ3) is 5.69. The molecule has 148 valence electrons. The van der Waals surface area contributed by atoms with Crippen LogP contribution in [0, 0.1) is 0 Å². The molecule has 5 heteroatoms. The van der Waals surface area contributed by atoms with Gasteiger partial charge in [-0.2, -0.15) is 0 Å². The molecular formula is C24H23ClN2O2. The fraction of sp³-hybridized carbons (Fsp3) is 0.167. The predicted octanol–water partition coefficient (Wildman–Crippen LogP) is 5.40. The lowest BCUT2D eigenvalue weighted by Gasteiger charge is -2.16. The van der Waals surface area contributed by atoms with Gasteiger partial charge in [0.05, 0.1) is 17.3 Å². The smallest absolute Gasteiger partial charge is 0.253 e. The van der Waals surface area contributed by atoms with Gasteiger partial charge in [0, 0.05) is 11.4 Å². The number of para-hydroxylation sites is 1. The van der Waals surface area contributed by atoms with Gasteiger partial charge in [0.15, 0.2) is 0 Å². The minimum atomic E-state index is -0.233. The van der Waals surface area contributed by atoms with Gasteiger partial charge in [-0.25, -0.2) is 0 Å². The van der Waals surface area contributed by atoms with Crippen LogP contribution in [0.1, 0.15) is 40.9 Å². The Morgan fingerprint density at radius 1 is 0.897 bits per heavy atom. The summed E-state index contributed by atoms with van der Waals surface area (Å²) in [6, 6.07) is 24.1. The van der Waals surface area contributed by atoms with Crippen molar-refractivity contribution in [3.05, 3.63) is 101 Å². The Morgan fingerprint density at radius 3 is 2.31 bits per heavy atom. The summed E-state index contributed by atoms with van der Waals surface area (Å²) in [5.41, 5.74) is 2.87. The van der Waals surface area contributed by atoms with Crippen molar-refractivity contribution in [2.75, 3.05) is 5.32 Å². The number of hydrogen-bond donors (Lipinski definition) is 2. The van der Waals surface area contributed by atoms with Crippen molar-refractivity contribution in [3.8, 4) is 0 Å². The van der Waals surface area contributed by atoms with Crippen LogP contribution in [0.5, 0.6) is 0 Å². The van der Waals surface area contributed by atoms with Crippen LogP contribution in [0.2, 0.25) is 5.02 Å². The quantitative estimate of drug-likeness (QED) is 0.551. The second kappa shape index (κ2) is 9.89. The van der Waals surface area contributed by atoms with Crippen LogP contribution in [0.25, 0.3) is 0 Å². The largest absolute Gasteiger partial charge is 0.345 e. The number of aryl methyl sites for hydroxylation is 1. The van der Waals surface area contributed by atoms with Gasteiger partial charge in [-0.1, -0.05) is 72.3 Å². The molecule has 0 bridgehead atoms. The molecule has 0 unspecified atom stereocenters. The number of benzene rings is 3. The maximum Gasteiger partial charge on any atom is 0.253 e. The molecule has 4 nitrogen and oxygen atoms in total. The van der Waals surface area contributed by atoms with Gasteiger partial charge in [-0.05, 0) is 42.7 Å². The minimum absolute atomic E-state index is 0.146. The summed E-state index contributed by atoms with van der Waals surface area (Å²) < 4.78 is 0. The molecule has 0 aliphatic rings. The van der Waals surface area contributed by atoms with Crippen molar-refractivity contribution in [1.82, 2.24) is 5.32 Å².